The third-order valence-corrected chi connectivity index (χ3v) is 4.02. The fourth-order valence-corrected chi connectivity index (χ4v) is 2.66. The van der Waals surface area contributed by atoms with Crippen molar-refractivity contribution in [3.63, 3.8) is 0 Å². The number of benzene rings is 2. The Hall–Kier alpha value is -2.59. The highest BCUT2D eigenvalue weighted by Gasteiger charge is 2.12. The van der Waals surface area contributed by atoms with Crippen LogP contribution in [0.15, 0.2) is 54.6 Å². The molecule has 3 rings (SSSR count). The highest BCUT2D eigenvalue weighted by atomic mass is 16.5. The summed E-state index contributed by atoms with van der Waals surface area (Å²) in [6.45, 7) is 2.26. The predicted octanol–water partition coefficient (Wildman–Crippen LogP) is 3.78. The lowest BCUT2D eigenvalue weighted by molar-refractivity contribution is 0.288. The van der Waals surface area contributed by atoms with Crippen LogP contribution in [0.4, 0.5) is 0 Å². The minimum absolute atomic E-state index is 0.176. The number of ether oxygens (including phenoxy) is 1. The molecule has 0 atom stereocenters. The summed E-state index contributed by atoms with van der Waals surface area (Å²) in [7, 11) is 1.66. The number of methoxy groups -OCH3 is 1. The predicted molar refractivity (Wildman–Crippen MR) is 95.7 cm³/mol. The third kappa shape index (κ3) is 3.49. The quantitative estimate of drug-likeness (QED) is 0.751. The van der Waals surface area contributed by atoms with Crippen LogP contribution in [-0.4, -0.2) is 28.6 Å². The summed E-state index contributed by atoms with van der Waals surface area (Å²) < 4.78 is 7.19. The van der Waals surface area contributed by atoms with Crippen LogP contribution in [0, 0.1) is 6.92 Å². The van der Waals surface area contributed by atoms with Gasteiger partial charge in [0.1, 0.15) is 5.75 Å². The summed E-state index contributed by atoms with van der Waals surface area (Å²) in [6, 6.07) is 18.4. The van der Waals surface area contributed by atoms with E-state index < -0.39 is 0 Å². The van der Waals surface area contributed by atoms with Crippen LogP contribution in [0.2, 0.25) is 0 Å². The summed E-state index contributed by atoms with van der Waals surface area (Å²) in [4.78, 5) is 0. The minimum atomic E-state index is 0.176. The molecule has 0 aliphatic heterocycles. The fraction of sp³-hybridized carbons (Fsp3) is 0.250. The molecule has 24 heavy (non-hydrogen) atoms. The SMILES string of the molecule is COc1ccc(-n2nc(CCCO)cc2-c2ccc(C)cc2)cc1. The lowest BCUT2D eigenvalue weighted by Crippen LogP contribution is -2.00. The van der Waals surface area contributed by atoms with E-state index in [2.05, 4.69) is 37.3 Å². The standard InChI is InChI=1S/C20H22N2O2/c1-15-5-7-16(8-6-15)20-14-17(4-3-13-23)21-22(20)18-9-11-19(24-2)12-10-18/h5-12,14,23H,3-4,13H2,1-2H3. The monoisotopic (exact) mass is 322 g/mol. The lowest BCUT2D eigenvalue weighted by Gasteiger charge is -2.09. The van der Waals surface area contributed by atoms with Crippen molar-refractivity contribution in [2.24, 2.45) is 0 Å². The maximum Gasteiger partial charge on any atom is 0.119 e. The molecule has 0 amide bonds. The molecule has 3 aromatic rings. The van der Waals surface area contributed by atoms with E-state index in [1.807, 2.05) is 28.9 Å². The number of aryl methyl sites for hydroxylation is 2. The Balaban J connectivity index is 2.04. The molecule has 4 nitrogen and oxygen atoms in total. The van der Waals surface area contributed by atoms with E-state index in [0.717, 1.165) is 34.8 Å². The maximum atomic E-state index is 9.08. The van der Waals surface area contributed by atoms with Crippen molar-refractivity contribution < 1.29 is 9.84 Å². The van der Waals surface area contributed by atoms with Gasteiger partial charge < -0.3 is 9.84 Å². The average Bonchev–Trinajstić information content (AvgIpc) is 3.05. The molecule has 0 aliphatic rings. The summed E-state index contributed by atoms with van der Waals surface area (Å²) >= 11 is 0. The van der Waals surface area contributed by atoms with Crippen molar-refractivity contribution in [1.82, 2.24) is 9.78 Å². The van der Waals surface area contributed by atoms with E-state index in [1.165, 1.54) is 5.56 Å². The van der Waals surface area contributed by atoms with Crippen LogP contribution in [0.1, 0.15) is 17.7 Å². The molecule has 0 saturated heterocycles. The molecule has 124 valence electrons. The molecule has 4 heteroatoms. The van der Waals surface area contributed by atoms with Crippen molar-refractivity contribution in [1.29, 1.82) is 0 Å². The van der Waals surface area contributed by atoms with Gasteiger partial charge in [-0.25, -0.2) is 4.68 Å². The van der Waals surface area contributed by atoms with E-state index in [-0.39, 0.29) is 6.61 Å². The maximum absolute atomic E-state index is 9.08. The number of aliphatic hydroxyl groups is 1. The zero-order valence-corrected chi connectivity index (χ0v) is 14.1. The van der Waals surface area contributed by atoms with Crippen molar-refractivity contribution in [3.8, 4) is 22.7 Å². The first-order chi connectivity index (χ1) is 11.7. The first-order valence-electron chi connectivity index (χ1n) is 8.12. The highest BCUT2D eigenvalue weighted by molar-refractivity contribution is 5.63. The van der Waals surface area contributed by atoms with Gasteiger partial charge in [-0.15, -0.1) is 0 Å². The van der Waals surface area contributed by atoms with Crippen LogP contribution < -0.4 is 4.74 Å². The Kier molecular flexibility index (Phi) is 4.96. The second-order valence-electron chi connectivity index (χ2n) is 5.82. The number of rotatable bonds is 6. The van der Waals surface area contributed by atoms with Crippen molar-refractivity contribution >= 4 is 0 Å². The van der Waals surface area contributed by atoms with Crippen LogP contribution >= 0.6 is 0 Å². The molecule has 0 radical (unpaired) electrons. The van der Waals surface area contributed by atoms with Gasteiger partial charge in [-0.3, -0.25) is 0 Å². The molecular formula is C20H22N2O2. The van der Waals surface area contributed by atoms with Crippen LogP contribution in [0.25, 0.3) is 16.9 Å². The van der Waals surface area contributed by atoms with E-state index >= 15 is 0 Å². The van der Waals surface area contributed by atoms with Crippen LogP contribution in [-0.2, 0) is 6.42 Å². The zero-order valence-electron chi connectivity index (χ0n) is 14.1. The first kappa shape index (κ1) is 16.3. The Morgan fingerprint density at radius 2 is 1.75 bits per heavy atom. The molecule has 0 unspecified atom stereocenters. The van der Waals surface area contributed by atoms with Gasteiger partial charge in [0.15, 0.2) is 0 Å². The van der Waals surface area contributed by atoms with Gasteiger partial charge in [0.25, 0.3) is 0 Å². The van der Waals surface area contributed by atoms with Crippen molar-refractivity contribution in [2.75, 3.05) is 13.7 Å². The lowest BCUT2D eigenvalue weighted by atomic mass is 10.1. The molecule has 1 heterocycles. The largest absolute Gasteiger partial charge is 0.497 e. The number of hydrogen-bond donors (Lipinski definition) is 1. The summed E-state index contributed by atoms with van der Waals surface area (Å²) in [5.74, 6) is 0.822. The summed E-state index contributed by atoms with van der Waals surface area (Å²) in [5, 5.41) is 13.8. The Morgan fingerprint density at radius 3 is 2.38 bits per heavy atom. The Morgan fingerprint density at radius 1 is 1.04 bits per heavy atom. The second-order valence-corrected chi connectivity index (χ2v) is 5.82. The van der Waals surface area contributed by atoms with E-state index in [1.54, 1.807) is 7.11 Å². The van der Waals surface area contributed by atoms with E-state index in [9.17, 15) is 0 Å². The second kappa shape index (κ2) is 7.32. The summed E-state index contributed by atoms with van der Waals surface area (Å²) in [5.41, 5.74) is 5.37. The van der Waals surface area contributed by atoms with Gasteiger partial charge >= 0.3 is 0 Å². The molecule has 1 aromatic heterocycles. The minimum Gasteiger partial charge on any atom is -0.497 e. The molecule has 0 saturated carbocycles. The molecular weight excluding hydrogens is 300 g/mol. The van der Waals surface area contributed by atoms with Crippen LogP contribution in [0.3, 0.4) is 0 Å². The van der Waals surface area contributed by atoms with Gasteiger partial charge in [0.05, 0.1) is 24.2 Å². The normalized spacial score (nSPS) is 10.8. The average molecular weight is 322 g/mol. The number of aromatic nitrogens is 2. The molecule has 1 N–H and O–H groups in total. The molecule has 2 aromatic carbocycles. The van der Waals surface area contributed by atoms with Crippen molar-refractivity contribution in [2.45, 2.75) is 19.8 Å². The van der Waals surface area contributed by atoms with Gasteiger partial charge in [-0.1, -0.05) is 29.8 Å². The smallest absolute Gasteiger partial charge is 0.119 e. The highest BCUT2D eigenvalue weighted by Crippen LogP contribution is 2.26. The summed E-state index contributed by atoms with van der Waals surface area (Å²) in [6.07, 6.45) is 1.48. The van der Waals surface area contributed by atoms with Crippen molar-refractivity contribution in [3.05, 3.63) is 65.9 Å². The Bertz CT molecular complexity index is 790. The number of hydrogen-bond acceptors (Lipinski definition) is 3. The topological polar surface area (TPSA) is 47.3 Å². The van der Waals surface area contributed by atoms with Gasteiger partial charge in [-0.05, 0) is 50.1 Å². The van der Waals surface area contributed by atoms with Gasteiger partial charge in [-0.2, -0.15) is 5.10 Å². The van der Waals surface area contributed by atoms with E-state index in [0.29, 0.717) is 6.42 Å². The third-order valence-electron chi connectivity index (χ3n) is 4.02. The number of nitrogens with zero attached hydrogens (tertiary/aromatic N) is 2. The molecule has 0 bridgehead atoms. The molecule has 0 aliphatic carbocycles. The van der Waals surface area contributed by atoms with Gasteiger partial charge in [0, 0.05) is 12.2 Å². The number of aliphatic hydroxyl groups excluding tert-OH is 1. The Labute approximate surface area is 142 Å². The van der Waals surface area contributed by atoms with Crippen LogP contribution in [0.5, 0.6) is 5.75 Å². The fourth-order valence-electron chi connectivity index (χ4n) is 2.66. The molecule has 0 spiro atoms. The molecule has 0 fully saturated rings. The van der Waals surface area contributed by atoms with Gasteiger partial charge in [0.2, 0.25) is 0 Å². The van der Waals surface area contributed by atoms with E-state index in [4.69, 9.17) is 14.9 Å². The zero-order chi connectivity index (χ0) is 16.9. The first-order valence-corrected chi connectivity index (χ1v) is 8.12.